The summed E-state index contributed by atoms with van der Waals surface area (Å²) in [5.41, 5.74) is 6.28. The van der Waals surface area contributed by atoms with Crippen LogP contribution in [0.1, 0.15) is 37.0 Å². The molecule has 1 heterocycles. The van der Waals surface area contributed by atoms with Gasteiger partial charge in [-0.1, -0.05) is 13.8 Å². The molecule has 0 atom stereocenters. The van der Waals surface area contributed by atoms with Gasteiger partial charge in [-0.2, -0.15) is 0 Å². The van der Waals surface area contributed by atoms with Crippen LogP contribution in [-0.2, 0) is 0 Å². The van der Waals surface area contributed by atoms with Crippen LogP contribution in [0.15, 0.2) is 18.2 Å². The van der Waals surface area contributed by atoms with Crippen LogP contribution in [0.2, 0.25) is 0 Å². The molecule has 0 unspecified atom stereocenters. The fourth-order valence-electron chi connectivity index (χ4n) is 2.17. The van der Waals surface area contributed by atoms with E-state index in [1.54, 1.807) is 0 Å². The van der Waals surface area contributed by atoms with Crippen molar-refractivity contribution in [1.29, 1.82) is 0 Å². The predicted octanol–water partition coefficient (Wildman–Crippen LogP) is 2.67. The molecule has 1 fully saturated rings. The quantitative estimate of drug-likeness (QED) is 0.779. The van der Waals surface area contributed by atoms with Gasteiger partial charge in [-0.25, -0.2) is 4.39 Å². The summed E-state index contributed by atoms with van der Waals surface area (Å²) in [6.45, 7) is 5.93. The molecule has 3 nitrogen and oxygen atoms in total. The Hall–Kier alpha value is -1.58. The van der Waals surface area contributed by atoms with Gasteiger partial charge in [-0.15, -0.1) is 0 Å². The van der Waals surface area contributed by atoms with Crippen molar-refractivity contribution in [2.24, 2.45) is 5.41 Å². The molecule has 0 aromatic heterocycles. The van der Waals surface area contributed by atoms with E-state index in [4.69, 9.17) is 5.73 Å². The number of piperidine rings is 1. The molecular weight excluding hydrogens is 231 g/mol. The van der Waals surface area contributed by atoms with Gasteiger partial charge in [0.25, 0.3) is 5.91 Å². The lowest BCUT2D eigenvalue weighted by Gasteiger charge is -2.37. The normalized spacial score (nSPS) is 18.7. The maximum Gasteiger partial charge on any atom is 0.253 e. The minimum Gasteiger partial charge on any atom is -0.396 e. The molecule has 1 aliphatic heterocycles. The van der Waals surface area contributed by atoms with Crippen molar-refractivity contribution in [2.45, 2.75) is 26.7 Å². The fourth-order valence-corrected chi connectivity index (χ4v) is 2.17. The van der Waals surface area contributed by atoms with Crippen molar-refractivity contribution in [3.63, 3.8) is 0 Å². The van der Waals surface area contributed by atoms with E-state index >= 15 is 0 Å². The largest absolute Gasteiger partial charge is 0.396 e. The molecule has 18 heavy (non-hydrogen) atoms. The Morgan fingerprint density at radius 1 is 1.33 bits per heavy atom. The average molecular weight is 250 g/mol. The SMILES string of the molecule is CC1(C)CCN(C(=O)c2ccc(F)c(N)c2)CC1. The molecule has 0 saturated carbocycles. The first-order valence-electron chi connectivity index (χ1n) is 6.23. The van der Waals surface area contributed by atoms with Crippen LogP contribution in [0, 0.1) is 11.2 Å². The second kappa shape index (κ2) is 4.59. The number of amides is 1. The Labute approximate surface area is 107 Å². The summed E-state index contributed by atoms with van der Waals surface area (Å²) < 4.78 is 13.1. The Morgan fingerprint density at radius 2 is 1.94 bits per heavy atom. The van der Waals surface area contributed by atoms with Crippen molar-refractivity contribution in [3.8, 4) is 0 Å². The maximum atomic E-state index is 13.1. The molecule has 2 N–H and O–H groups in total. The molecule has 1 amide bonds. The zero-order chi connectivity index (χ0) is 13.3. The number of hydrogen-bond acceptors (Lipinski definition) is 2. The first-order chi connectivity index (χ1) is 8.39. The van der Waals surface area contributed by atoms with Gasteiger partial charge in [0.05, 0.1) is 5.69 Å². The Kier molecular flexibility index (Phi) is 3.28. The van der Waals surface area contributed by atoms with Gasteiger partial charge < -0.3 is 10.6 Å². The minimum atomic E-state index is -0.480. The van der Waals surface area contributed by atoms with Gasteiger partial charge in [-0.05, 0) is 36.5 Å². The number of halogens is 1. The van der Waals surface area contributed by atoms with Crippen molar-refractivity contribution in [1.82, 2.24) is 4.90 Å². The van der Waals surface area contributed by atoms with Crippen molar-refractivity contribution in [2.75, 3.05) is 18.8 Å². The van der Waals surface area contributed by atoms with E-state index in [9.17, 15) is 9.18 Å². The molecule has 98 valence electrons. The topological polar surface area (TPSA) is 46.3 Å². The number of rotatable bonds is 1. The highest BCUT2D eigenvalue weighted by molar-refractivity contribution is 5.95. The van der Waals surface area contributed by atoms with Gasteiger partial charge >= 0.3 is 0 Å². The lowest BCUT2D eigenvalue weighted by Crippen LogP contribution is -2.41. The van der Waals surface area contributed by atoms with E-state index in [0.717, 1.165) is 25.9 Å². The van der Waals surface area contributed by atoms with Crippen LogP contribution in [0.5, 0.6) is 0 Å². The third-order valence-corrected chi connectivity index (χ3v) is 3.65. The molecule has 0 bridgehead atoms. The van der Waals surface area contributed by atoms with Crippen LogP contribution in [0.4, 0.5) is 10.1 Å². The Balaban J connectivity index is 2.10. The lowest BCUT2D eigenvalue weighted by atomic mass is 9.82. The van der Waals surface area contributed by atoms with Gasteiger partial charge in [0.15, 0.2) is 0 Å². The molecule has 0 spiro atoms. The molecular formula is C14H19FN2O. The fraction of sp³-hybridized carbons (Fsp3) is 0.500. The molecule has 1 aromatic carbocycles. The molecule has 1 aromatic rings. The Bertz CT molecular complexity index is 461. The summed E-state index contributed by atoms with van der Waals surface area (Å²) in [6.07, 6.45) is 1.99. The lowest BCUT2D eigenvalue weighted by molar-refractivity contribution is 0.0630. The predicted molar refractivity (Wildman–Crippen MR) is 69.7 cm³/mol. The standard InChI is InChI=1S/C14H19FN2O/c1-14(2)5-7-17(8-6-14)13(18)10-3-4-11(15)12(16)9-10/h3-4,9H,5-8,16H2,1-2H3. The van der Waals surface area contributed by atoms with Crippen molar-refractivity contribution >= 4 is 11.6 Å². The van der Waals surface area contributed by atoms with E-state index < -0.39 is 5.82 Å². The zero-order valence-electron chi connectivity index (χ0n) is 10.9. The van der Waals surface area contributed by atoms with Gasteiger partial charge in [0, 0.05) is 18.7 Å². The van der Waals surface area contributed by atoms with Crippen LogP contribution < -0.4 is 5.73 Å². The first-order valence-corrected chi connectivity index (χ1v) is 6.23. The van der Waals surface area contributed by atoms with Gasteiger partial charge in [0.1, 0.15) is 5.82 Å². The molecule has 0 radical (unpaired) electrons. The zero-order valence-corrected chi connectivity index (χ0v) is 10.9. The summed E-state index contributed by atoms with van der Waals surface area (Å²) in [5.74, 6) is -0.538. The van der Waals surface area contributed by atoms with E-state index in [1.807, 2.05) is 4.90 Å². The monoisotopic (exact) mass is 250 g/mol. The molecule has 4 heteroatoms. The average Bonchev–Trinajstić information content (AvgIpc) is 2.32. The molecule has 1 saturated heterocycles. The number of likely N-dealkylation sites (tertiary alicyclic amines) is 1. The number of anilines is 1. The van der Waals surface area contributed by atoms with Crippen molar-refractivity contribution in [3.05, 3.63) is 29.6 Å². The number of nitrogen functional groups attached to an aromatic ring is 1. The number of carbonyl (C=O) groups excluding carboxylic acids is 1. The smallest absolute Gasteiger partial charge is 0.253 e. The highest BCUT2D eigenvalue weighted by Crippen LogP contribution is 2.30. The van der Waals surface area contributed by atoms with Crippen LogP contribution in [0.25, 0.3) is 0 Å². The number of carbonyl (C=O) groups is 1. The number of nitrogens with zero attached hydrogens (tertiary/aromatic N) is 1. The van der Waals surface area contributed by atoms with Crippen LogP contribution >= 0.6 is 0 Å². The summed E-state index contributed by atoms with van der Waals surface area (Å²) in [6, 6.07) is 4.15. The highest BCUT2D eigenvalue weighted by atomic mass is 19.1. The maximum absolute atomic E-state index is 13.1. The summed E-state index contributed by atoms with van der Waals surface area (Å²) in [4.78, 5) is 14.0. The summed E-state index contributed by atoms with van der Waals surface area (Å²) in [7, 11) is 0. The number of nitrogens with two attached hydrogens (primary N) is 1. The molecule has 0 aliphatic carbocycles. The van der Waals surface area contributed by atoms with E-state index in [-0.39, 0.29) is 11.6 Å². The number of hydrogen-bond donors (Lipinski definition) is 1. The van der Waals surface area contributed by atoms with E-state index in [2.05, 4.69) is 13.8 Å². The summed E-state index contributed by atoms with van der Waals surface area (Å²) in [5, 5.41) is 0. The third-order valence-electron chi connectivity index (χ3n) is 3.65. The second-order valence-electron chi connectivity index (χ2n) is 5.69. The third kappa shape index (κ3) is 2.63. The van der Waals surface area contributed by atoms with Crippen LogP contribution in [0.3, 0.4) is 0 Å². The van der Waals surface area contributed by atoms with Crippen LogP contribution in [-0.4, -0.2) is 23.9 Å². The summed E-state index contributed by atoms with van der Waals surface area (Å²) >= 11 is 0. The van der Waals surface area contributed by atoms with Gasteiger partial charge in [-0.3, -0.25) is 4.79 Å². The molecule has 1 aliphatic rings. The number of benzene rings is 1. The van der Waals surface area contributed by atoms with Crippen molar-refractivity contribution < 1.29 is 9.18 Å². The Morgan fingerprint density at radius 3 is 2.50 bits per heavy atom. The second-order valence-corrected chi connectivity index (χ2v) is 5.69. The highest BCUT2D eigenvalue weighted by Gasteiger charge is 2.28. The van der Waals surface area contributed by atoms with E-state index in [1.165, 1.54) is 18.2 Å². The first kappa shape index (κ1) is 12.9. The van der Waals surface area contributed by atoms with Gasteiger partial charge in [0.2, 0.25) is 0 Å². The van der Waals surface area contributed by atoms with E-state index in [0.29, 0.717) is 11.0 Å². The molecule has 2 rings (SSSR count). The minimum absolute atomic E-state index is 0.0261.